The SMILES string of the molecule is CC=CC=O.CCOC(C)=O. The Morgan fingerprint density at radius 1 is 1.55 bits per heavy atom. The minimum atomic E-state index is -0.211. The minimum absolute atomic E-state index is 0.211. The Morgan fingerprint density at radius 2 is 2.09 bits per heavy atom. The first-order valence-electron chi connectivity index (χ1n) is 3.38. The summed E-state index contributed by atoms with van der Waals surface area (Å²) < 4.78 is 4.40. The van der Waals surface area contributed by atoms with Crippen LogP contribution in [0.1, 0.15) is 20.8 Å². The fourth-order valence-electron chi connectivity index (χ4n) is 0.282. The molecule has 0 heterocycles. The number of aldehydes is 1. The molecular weight excluding hydrogens is 144 g/mol. The molecule has 0 rings (SSSR count). The summed E-state index contributed by atoms with van der Waals surface area (Å²) in [5.74, 6) is -0.211. The second-order valence-corrected chi connectivity index (χ2v) is 1.59. The van der Waals surface area contributed by atoms with Crippen LogP contribution in [0.25, 0.3) is 0 Å². The Bertz CT molecular complexity index is 127. The lowest BCUT2D eigenvalue weighted by atomic mass is 10.6. The second kappa shape index (κ2) is 11.6. The van der Waals surface area contributed by atoms with E-state index in [0.717, 1.165) is 6.29 Å². The highest BCUT2D eigenvalue weighted by Crippen LogP contribution is 1.69. The number of carbonyl (C=O) groups is 2. The molecule has 0 unspecified atom stereocenters. The highest BCUT2D eigenvalue weighted by atomic mass is 16.5. The number of hydrogen-bond donors (Lipinski definition) is 0. The van der Waals surface area contributed by atoms with E-state index in [9.17, 15) is 9.59 Å². The van der Waals surface area contributed by atoms with Crippen LogP contribution >= 0.6 is 0 Å². The normalized spacial score (nSPS) is 8.27. The minimum Gasteiger partial charge on any atom is -0.466 e. The van der Waals surface area contributed by atoms with Crippen LogP contribution in [0.4, 0.5) is 0 Å². The quantitative estimate of drug-likeness (QED) is 0.346. The summed E-state index contributed by atoms with van der Waals surface area (Å²) in [5.41, 5.74) is 0. The van der Waals surface area contributed by atoms with Crippen molar-refractivity contribution in [1.82, 2.24) is 0 Å². The van der Waals surface area contributed by atoms with Gasteiger partial charge < -0.3 is 4.74 Å². The molecule has 0 aromatic rings. The third-order valence-electron chi connectivity index (χ3n) is 0.619. The first-order chi connectivity index (χ1) is 5.18. The summed E-state index contributed by atoms with van der Waals surface area (Å²) in [4.78, 5) is 19.1. The Labute approximate surface area is 67.0 Å². The topological polar surface area (TPSA) is 43.4 Å². The predicted octanol–water partition coefficient (Wildman–Crippen LogP) is 1.33. The third-order valence-corrected chi connectivity index (χ3v) is 0.619. The van der Waals surface area contributed by atoms with E-state index in [1.54, 1.807) is 19.9 Å². The lowest BCUT2D eigenvalue weighted by Gasteiger charge is -1.89. The Balaban J connectivity index is 0. The van der Waals surface area contributed by atoms with Gasteiger partial charge in [-0.1, -0.05) is 6.08 Å². The third kappa shape index (κ3) is 27.9. The molecule has 3 heteroatoms. The van der Waals surface area contributed by atoms with Gasteiger partial charge in [0.05, 0.1) is 6.61 Å². The molecule has 0 N–H and O–H groups in total. The van der Waals surface area contributed by atoms with E-state index in [0.29, 0.717) is 6.61 Å². The van der Waals surface area contributed by atoms with Crippen molar-refractivity contribution in [1.29, 1.82) is 0 Å². The van der Waals surface area contributed by atoms with Gasteiger partial charge >= 0.3 is 5.97 Å². The molecule has 0 fully saturated rings. The van der Waals surface area contributed by atoms with E-state index < -0.39 is 0 Å². The van der Waals surface area contributed by atoms with Crippen LogP contribution in [0, 0.1) is 0 Å². The van der Waals surface area contributed by atoms with Gasteiger partial charge in [-0.15, -0.1) is 0 Å². The largest absolute Gasteiger partial charge is 0.466 e. The number of allylic oxidation sites excluding steroid dienone is 2. The van der Waals surface area contributed by atoms with Crippen LogP contribution in [-0.4, -0.2) is 18.9 Å². The number of carbonyl (C=O) groups excluding carboxylic acids is 2. The molecule has 0 atom stereocenters. The Kier molecular flexibility index (Phi) is 13.3. The van der Waals surface area contributed by atoms with Crippen LogP contribution in [0.5, 0.6) is 0 Å². The fraction of sp³-hybridized carbons (Fsp3) is 0.500. The van der Waals surface area contributed by atoms with Crippen molar-refractivity contribution < 1.29 is 14.3 Å². The van der Waals surface area contributed by atoms with E-state index >= 15 is 0 Å². The molecule has 0 saturated carbocycles. The molecule has 0 aromatic carbocycles. The van der Waals surface area contributed by atoms with Gasteiger partial charge in [0.2, 0.25) is 0 Å². The fourth-order valence-corrected chi connectivity index (χ4v) is 0.282. The molecule has 0 aliphatic rings. The first-order valence-corrected chi connectivity index (χ1v) is 3.38. The molecular formula is C8H14O3. The Hall–Kier alpha value is -1.12. The molecule has 3 nitrogen and oxygen atoms in total. The lowest BCUT2D eigenvalue weighted by molar-refractivity contribution is -0.140. The average Bonchev–Trinajstić information content (AvgIpc) is 1.90. The van der Waals surface area contributed by atoms with Gasteiger partial charge in [-0.05, 0) is 19.9 Å². The van der Waals surface area contributed by atoms with E-state index in [1.165, 1.54) is 13.0 Å². The van der Waals surface area contributed by atoms with Gasteiger partial charge in [-0.3, -0.25) is 9.59 Å². The van der Waals surface area contributed by atoms with Crippen LogP contribution in [0.2, 0.25) is 0 Å². The summed E-state index contributed by atoms with van der Waals surface area (Å²) in [6.07, 6.45) is 3.88. The highest BCUT2D eigenvalue weighted by Gasteiger charge is 1.81. The van der Waals surface area contributed by atoms with Gasteiger partial charge in [0.15, 0.2) is 0 Å². The van der Waals surface area contributed by atoms with Crippen molar-refractivity contribution in [2.75, 3.05) is 6.61 Å². The zero-order valence-electron chi connectivity index (χ0n) is 7.16. The van der Waals surface area contributed by atoms with E-state index in [2.05, 4.69) is 4.74 Å². The van der Waals surface area contributed by atoms with Crippen molar-refractivity contribution in [2.45, 2.75) is 20.8 Å². The number of rotatable bonds is 2. The predicted molar refractivity (Wildman–Crippen MR) is 43.2 cm³/mol. The molecule has 0 saturated heterocycles. The van der Waals surface area contributed by atoms with Gasteiger partial charge in [0.25, 0.3) is 0 Å². The van der Waals surface area contributed by atoms with Crippen LogP contribution in [0.15, 0.2) is 12.2 Å². The number of esters is 1. The molecule has 0 amide bonds. The van der Waals surface area contributed by atoms with Crippen molar-refractivity contribution >= 4 is 12.3 Å². The monoisotopic (exact) mass is 158 g/mol. The second-order valence-electron chi connectivity index (χ2n) is 1.59. The summed E-state index contributed by atoms with van der Waals surface area (Å²) in [6, 6.07) is 0. The lowest BCUT2D eigenvalue weighted by Crippen LogP contribution is -1.95. The highest BCUT2D eigenvalue weighted by molar-refractivity contribution is 5.65. The molecule has 0 aliphatic carbocycles. The van der Waals surface area contributed by atoms with Gasteiger partial charge in [-0.2, -0.15) is 0 Å². The zero-order chi connectivity index (χ0) is 9.11. The maximum Gasteiger partial charge on any atom is 0.302 e. The molecule has 0 aromatic heterocycles. The van der Waals surface area contributed by atoms with Gasteiger partial charge in [0.1, 0.15) is 6.29 Å². The maximum absolute atomic E-state index is 9.82. The molecule has 64 valence electrons. The van der Waals surface area contributed by atoms with Crippen molar-refractivity contribution in [3.63, 3.8) is 0 Å². The summed E-state index contributed by atoms with van der Waals surface area (Å²) in [5, 5.41) is 0. The zero-order valence-corrected chi connectivity index (χ0v) is 7.16. The maximum atomic E-state index is 9.82. The first kappa shape index (κ1) is 12.5. The van der Waals surface area contributed by atoms with Crippen molar-refractivity contribution in [2.24, 2.45) is 0 Å². The van der Waals surface area contributed by atoms with E-state index in [4.69, 9.17) is 0 Å². The average molecular weight is 158 g/mol. The van der Waals surface area contributed by atoms with Gasteiger partial charge in [-0.25, -0.2) is 0 Å². The van der Waals surface area contributed by atoms with Crippen LogP contribution in [0.3, 0.4) is 0 Å². The summed E-state index contributed by atoms with van der Waals surface area (Å²) >= 11 is 0. The van der Waals surface area contributed by atoms with Crippen LogP contribution in [-0.2, 0) is 14.3 Å². The molecule has 0 spiro atoms. The molecule has 0 radical (unpaired) electrons. The van der Waals surface area contributed by atoms with Crippen LogP contribution < -0.4 is 0 Å². The standard InChI is InChI=1S/C4H8O2.C4H6O/c1-3-6-4(2)5;1-2-3-4-5/h3H2,1-2H3;2-4H,1H3. The number of ether oxygens (including phenoxy) is 1. The Morgan fingerprint density at radius 3 is 2.09 bits per heavy atom. The molecule has 0 bridgehead atoms. The molecule has 0 aliphatic heterocycles. The smallest absolute Gasteiger partial charge is 0.302 e. The van der Waals surface area contributed by atoms with Crippen molar-refractivity contribution in [3.8, 4) is 0 Å². The van der Waals surface area contributed by atoms with E-state index in [-0.39, 0.29) is 5.97 Å². The summed E-state index contributed by atoms with van der Waals surface area (Å²) in [7, 11) is 0. The number of hydrogen-bond acceptors (Lipinski definition) is 3. The molecule has 11 heavy (non-hydrogen) atoms. The summed E-state index contributed by atoms with van der Waals surface area (Å²) in [6.45, 7) is 5.45. The van der Waals surface area contributed by atoms with Gasteiger partial charge in [0, 0.05) is 6.92 Å². The van der Waals surface area contributed by atoms with Crippen molar-refractivity contribution in [3.05, 3.63) is 12.2 Å². The van der Waals surface area contributed by atoms with E-state index in [1.807, 2.05) is 0 Å².